The Balaban J connectivity index is 1.80. The van der Waals surface area contributed by atoms with Gasteiger partial charge in [0, 0.05) is 29.5 Å². The van der Waals surface area contributed by atoms with Gasteiger partial charge in [-0.05, 0) is 18.2 Å². The van der Waals surface area contributed by atoms with Gasteiger partial charge < -0.3 is 10.1 Å². The van der Waals surface area contributed by atoms with Crippen molar-refractivity contribution in [3.8, 4) is 5.75 Å². The summed E-state index contributed by atoms with van der Waals surface area (Å²) < 4.78 is 5.31. The Bertz CT molecular complexity index is 593. The van der Waals surface area contributed by atoms with E-state index in [2.05, 4.69) is 15.3 Å². The monoisotopic (exact) mass is 311 g/mol. The third kappa shape index (κ3) is 4.36. The minimum Gasteiger partial charge on any atom is -0.482 e. The van der Waals surface area contributed by atoms with Crippen LogP contribution in [0.4, 0.5) is 0 Å². The third-order valence-electron chi connectivity index (χ3n) is 2.36. The number of rotatable bonds is 5. The lowest BCUT2D eigenvalue weighted by Crippen LogP contribution is -2.28. The lowest BCUT2D eigenvalue weighted by Gasteiger charge is -2.08. The van der Waals surface area contributed by atoms with Crippen LogP contribution >= 0.6 is 23.2 Å². The number of nitrogens with zero attached hydrogens (tertiary/aromatic N) is 2. The molecule has 0 saturated heterocycles. The molecule has 1 amide bonds. The highest BCUT2D eigenvalue weighted by Gasteiger charge is 2.06. The lowest BCUT2D eigenvalue weighted by molar-refractivity contribution is -0.123. The summed E-state index contributed by atoms with van der Waals surface area (Å²) in [6.45, 7) is 0.215. The van der Waals surface area contributed by atoms with Crippen molar-refractivity contribution in [2.75, 3.05) is 6.61 Å². The van der Waals surface area contributed by atoms with Crippen molar-refractivity contribution in [1.29, 1.82) is 0 Å². The molecule has 0 spiro atoms. The summed E-state index contributed by atoms with van der Waals surface area (Å²) in [5.74, 6) is 0.147. The molecule has 1 aromatic carbocycles. The van der Waals surface area contributed by atoms with Crippen LogP contribution in [-0.2, 0) is 11.3 Å². The highest BCUT2D eigenvalue weighted by molar-refractivity contribution is 6.35. The lowest BCUT2D eigenvalue weighted by atomic mass is 10.3. The second-order valence-electron chi connectivity index (χ2n) is 3.89. The smallest absolute Gasteiger partial charge is 0.258 e. The van der Waals surface area contributed by atoms with E-state index in [4.69, 9.17) is 27.9 Å². The predicted octanol–water partition coefficient (Wildman–Crippen LogP) is 2.48. The van der Waals surface area contributed by atoms with Crippen LogP contribution in [0.15, 0.2) is 36.9 Å². The molecule has 0 fully saturated rings. The van der Waals surface area contributed by atoms with Crippen LogP contribution in [-0.4, -0.2) is 22.5 Å². The van der Waals surface area contributed by atoms with Gasteiger partial charge in [-0.1, -0.05) is 23.2 Å². The number of hydrogen-bond donors (Lipinski definition) is 1. The Labute approximate surface area is 125 Å². The molecule has 0 aliphatic carbocycles. The van der Waals surface area contributed by atoms with Gasteiger partial charge in [0.1, 0.15) is 12.1 Å². The first kappa shape index (κ1) is 14.6. The second kappa shape index (κ2) is 7.07. The van der Waals surface area contributed by atoms with Crippen LogP contribution < -0.4 is 10.1 Å². The van der Waals surface area contributed by atoms with E-state index in [1.807, 2.05) is 0 Å². The molecule has 1 heterocycles. The maximum atomic E-state index is 11.6. The van der Waals surface area contributed by atoms with Crippen molar-refractivity contribution >= 4 is 29.1 Å². The van der Waals surface area contributed by atoms with Gasteiger partial charge in [0.05, 0.1) is 5.02 Å². The van der Waals surface area contributed by atoms with Crippen molar-refractivity contribution in [2.24, 2.45) is 0 Å². The Morgan fingerprint density at radius 1 is 1.25 bits per heavy atom. The average Bonchev–Trinajstić information content (AvgIpc) is 2.45. The number of ether oxygens (including phenoxy) is 1. The molecule has 1 N–H and O–H groups in total. The van der Waals surface area contributed by atoms with Gasteiger partial charge in [-0.25, -0.2) is 9.97 Å². The Morgan fingerprint density at radius 2 is 2.00 bits per heavy atom. The van der Waals surface area contributed by atoms with E-state index in [0.717, 1.165) is 5.56 Å². The fourth-order valence-corrected chi connectivity index (χ4v) is 1.87. The summed E-state index contributed by atoms with van der Waals surface area (Å²) in [7, 11) is 0. The Hall–Kier alpha value is -1.85. The minimum atomic E-state index is -0.264. The maximum Gasteiger partial charge on any atom is 0.258 e. The molecule has 7 heteroatoms. The Kier molecular flexibility index (Phi) is 5.15. The zero-order valence-electron chi connectivity index (χ0n) is 10.3. The predicted molar refractivity (Wildman–Crippen MR) is 75.8 cm³/mol. The summed E-state index contributed by atoms with van der Waals surface area (Å²) in [6.07, 6.45) is 4.69. The van der Waals surface area contributed by atoms with Crippen LogP contribution in [0.2, 0.25) is 10.0 Å². The topological polar surface area (TPSA) is 64.1 Å². The van der Waals surface area contributed by atoms with E-state index in [1.54, 1.807) is 30.6 Å². The summed E-state index contributed by atoms with van der Waals surface area (Å²) in [4.78, 5) is 19.3. The van der Waals surface area contributed by atoms with E-state index in [0.29, 0.717) is 22.3 Å². The zero-order valence-corrected chi connectivity index (χ0v) is 11.9. The van der Waals surface area contributed by atoms with E-state index in [1.165, 1.54) is 6.33 Å². The molecule has 104 valence electrons. The van der Waals surface area contributed by atoms with Gasteiger partial charge in [-0.15, -0.1) is 0 Å². The van der Waals surface area contributed by atoms with E-state index in [-0.39, 0.29) is 12.5 Å². The summed E-state index contributed by atoms with van der Waals surface area (Å²) in [5.41, 5.74) is 0.811. The van der Waals surface area contributed by atoms with Crippen molar-refractivity contribution in [3.63, 3.8) is 0 Å². The molecule has 0 aliphatic heterocycles. The normalized spacial score (nSPS) is 10.1. The molecule has 0 atom stereocenters. The minimum absolute atomic E-state index is 0.130. The van der Waals surface area contributed by atoms with E-state index < -0.39 is 0 Å². The summed E-state index contributed by atoms with van der Waals surface area (Å²) in [5, 5.41) is 3.56. The third-order valence-corrected chi connectivity index (χ3v) is 2.89. The van der Waals surface area contributed by atoms with Gasteiger partial charge in [-0.2, -0.15) is 0 Å². The van der Waals surface area contributed by atoms with Crippen molar-refractivity contribution in [2.45, 2.75) is 6.54 Å². The molecular formula is C13H11Cl2N3O2. The Morgan fingerprint density at radius 3 is 2.70 bits per heavy atom. The van der Waals surface area contributed by atoms with Gasteiger partial charge in [0.15, 0.2) is 6.61 Å². The van der Waals surface area contributed by atoms with Crippen molar-refractivity contribution < 1.29 is 9.53 Å². The van der Waals surface area contributed by atoms with Crippen molar-refractivity contribution in [3.05, 3.63) is 52.5 Å². The summed E-state index contributed by atoms with van der Waals surface area (Å²) >= 11 is 11.7. The first-order valence-corrected chi connectivity index (χ1v) is 6.49. The van der Waals surface area contributed by atoms with E-state index >= 15 is 0 Å². The number of benzene rings is 1. The SMILES string of the molecule is O=C(COc1ccc(Cl)cc1Cl)NCc1cncnc1. The number of amides is 1. The molecule has 1 aromatic heterocycles. The first-order chi connectivity index (χ1) is 9.65. The standard InChI is InChI=1S/C13H11Cl2N3O2/c14-10-1-2-12(11(15)3-10)20-7-13(19)18-6-9-4-16-8-17-5-9/h1-5,8H,6-7H2,(H,18,19). The summed E-state index contributed by atoms with van der Waals surface area (Å²) in [6, 6.07) is 4.81. The molecule has 0 radical (unpaired) electrons. The first-order valence-electron chi connectivity index (χ1n) is 5.73. The van der Waals surface area contributed by atoms with Crippen LogP contribution in [0.25, 0.3) is 0 Å². The molecule has 5 nitrogen and oxygen atoms in total. The van der Waals surface area contributed by atoms with Crippen LogP contribution in [0, 0.1) is 0 Å². The number of nitrogens with one attached hydrogen (secondary N) is 1. The number of aromatic nitrogens is 2. The average molecular weight is 312 g/mol. The largest absolute Gasteiger partial charge is 0.482 e. The maximum absolute atomic E-state index is 11.6. The van der Waals surface area contributed by atoms with Crippen LogP contribution in [0.3, 0.4) is 0 Å². The molecular weight excluding hydrogens is 301 g/mol. The molecule has 0 unspecified atom stereocenters. The number of carbonyl (C=O) groups is 1. The molecule has 2 rings (SSSR count). The highest BCUT2D eigenvalue weighted by atomic mass is 35.5. The van der Waals surface area contributed by atoms with Crippen molar-refractivity contribution in [1.82, 2.24) is 15.3 Å². The number of halogens is 2. The zero-order chi connectivity index (χ0) is 14.4. The molecule has 0 aliphatic rings. The quantitative estimate of drug-likeness (QED) is 0.921. The van der Waals surface area contributed by atoms with Gasteiger partial charge in [0.2, 0.25) is 0 Å². The fourth-order valence-electron chi connectivity index (χ4n) is 1.41. The van der Waals surface area contributed by atoms with Gasteiger partial charge >= 0.3 is 0 Å². The molecule has 2 aromatic rings. The number of carbonyl (C=O) groups excluding carboxylic acids is 1. The molecule has 0 bridgehead atoms. The van der Waals surface area contributed by atoms with Crippen LogP contribution in [0.5, 0.6) is 5.75 Å². The van der Waals surface area contributed by atoms with Gasteiger partial charge in [-0.3, -0.25) is 4.79 Å². The highest BCUT2D eigenvalue weighted by Crippen LogP contribution is 2.27. The number of hydrogen-bond acceptors (Lipinski definition) is 4. The molecule has 20 heavy (non-hydrogen) atoms. The molecule has 0 saturated carbocycles. The second-order valence-corrected chi connectivity index (χ2v) is 4.73. The van der Waals surface area contributed by atoms with Gasteiger partial charge in [0.25, 0.3) is 5.91 Å². The fraction of sp³-hybridized carbons (Fsp3) is 0.154. The van der Waals surface area contributed by atoms with E-state index in [9.17, 15) is 4.79 Å². The van der Waals surface area contributed by atoms with Crippen LogP contribution in [0.1, 0.15) is 5.56 Å².